The highest BCUT2D eigenvalue weighted by Gasteiger charge is 2.37. The van der Waals surface area contributed by atoms with Crippen molar-refractivity contribution in [1.82, 2.24) is 0 Å². The van der Waals surface area contributed by atoms with E-state index in [1.165, 1.54) is 13.8 Å². The van der Waals surface area contributed by atoms with Crippen LogP contribution in [0.5, 0.6) is 0 Å². The van der Waals surface area contributed by atoms with E-state index in [1.54, 1.807) is 0 Å². The lowest BCUT2D eigenvalue weighted by Gasteiger charge is -2.24. The van der Waals surface area contributed by atoms with Crippen molar-refractivity contribution in [3.05, 3.63) is 0 Å². The van der Waals surface area contributed by atoms with Crippen molar-refractivity contribution >= 4 is 11.9 Å². The molecule has 0 aliphatic heterocycles. The summed E-state index contributed by atoms with van der Waals surface area (Å²) in [4.78, 5) is 21.0. The SMILES string of the molecule is CC(C)(C(N)=O)[C@H](N)C(=O)O. The molecular formula is C6H12N2O3. The van der Waals surface area contributed by atoms with Gasteiger partial charge in [-0.15, -0.1) is 0 Å². The quantitative estimate of drug-likeness (QED) is 0.487. The fourth-order valence-electron chi connectivity index (χ4n) is 0.462. The maximum Gasteiger partial charge on any atom is 0.321 e. The highest BCUT2D eigenvalue weighted by Crippen LogP contribution is 2.17. The lowest BCUT2D eigenvalue weighted by molar-refractivity contribution is -0.145. The minimum absolute atomic E-state index is 0.715. The second-order valence-electron chi connectivity index (χ2n) is 2.90. The highest BCUT2D eigenvalue weighted by atomic mass is 16.4. The third-order valence-corrected chi connectivity index (χ3v) is 1.68. The molecule has 0 rings (SSSR count). The van der Waals surface area contributed by atoms with Crippen LogP contribution in [0, 0.1) is 5.41 Å². The van der Waals surface area contributed by atoms with Gasteiger partial charge in [-0.1, -0.05) is 0 Å². The molecule has 0 aromatic carbocycles. The van der Waals surface area contributed by atoms with Gasteiger partial charge in [-0.3, -0.25) is 9.59 Å². The van der Waals surface area contributed by atoms with Crippen molar-refractivity contribution in [3.8, 4) is 0 Å². The molecule has 0 aliphatic rings. The summed E-state index contributed by atoms with van der Waals surface area (Å²) in [5.41, 5.74) is 8.92. The van der Waals surface area contributed by atoms with Crippen molar-refractivity contribution < 1.29 is 14.7 Å². The Morgan fingerprint density at radius 2 is 1.82 bits per heavy atom. The normalized spacial score (nSPS) is 14.1. The molecule has 0 saturated carbocycles. The summed E-state index contributed by atoms with van der Waals surface area (Å²) in [5.74, 6) is -1.94. The van der Waals surface area contributed by atoms with Crippen LogP contribution in [0.1, 0.15) is 13.8 Å². The Balaban J connectivity index is 4.55. The van der Waals surface area contributed by atoms with Gasteiger partial charge in [-0.2, -0.15) is 0 Å². The van der Waals surface area contributed by atoms with Crippen LogP contribution in [-0.4, -0.2) is 23.0 Å². The van der Waals surface area contributed by atoms with Crippen molar-refractivity contribution in [1.29, 1.82) is 0 Å². The van der Waals surface area contributed by atoms with Gasteiger partial charge in [0.1, 0.15) is 6.04 Å². The molecule has 0 bridgehead atoms. The Kier molecular flexibility index (Phi) is 2.59. The maximum atomic E-state index is 10.6. The number of aliphatic carboxylic acids is 1. The molecule has 5 N–H and O–H groups in total. The van der Waals surface area contributed by atoms with E-state index in [0.717, 1.165) is 0 Å². The third-order valence-electron chi connectivity index (χ3n) is 1.68. The van der Waals surface area contributed by atoms with Gasteiger partial charge in [-0.25, -0.2) is 0 Å². The number of carboxylic acids is 1. The van der Waals surface area contributed by atoms with Gasteiger partial charge in [-0.05, 0) is 13.8 Å². The van der Waals surface area contributed by atoms with Gasteiger partial charge in [0.05, 0.1) is 5.41 Å². The second-order valence-corrected chi connectivity index (χ2v) is 2.90. The van der Waals surface area contributed by atoms with E-state index < -0.39 is 23.3 Å². The molecule has 0 aromatic heterocycles. The van der Waals surface area contributed by atoms with Crippen LogP contribution in [0.4, 0.5) is 0 Å². The van der Waals surface area contributed by atoms with Crippen LogP contribution < -0.4 is 11.5 Å². The topological polar surface area (TPSA) is 106 Å². The fraction of sp³-hybridized carbons (Fsp3) is 0.667. The summed E-state index contributed by atoms with van der Waals surface area (Å²) in [6, 6.07) is -1.25. The van der Waals surface area contributed by atoms with Crippen LogP contribution >= 0.6 is 0 Å². The molecular weight excluding hydrogens is 148 g/mol. The Hall–Kier alpha value is -1.10. The van der Waals surface area contributed by atoms with E-state index in [-0.39, 0.29) is 0 Å². The fourth-order valence-corrected chi connectivity index (χ4v) is 0.462. The summed E-state index contributed by atoms with van der Waals surface area (Å²) < 4.78 is 0. The van der Waals surface area contributed by atoms with Gasteiger partial charge in [0, 0.05) is 0 Å². The lowest BCUT2D eigenvalue weighted by atomic mass is 9.84. The molecule has 1 amide bonds. The first-order valence-corrected chi connectivity index (χ1v) is 3.08. The van der Waals surface area contributed by atoms with Crippen LogP contribution in [0.25, 0.3) is 0 Å². The van der Waals surface area contributed by atoms with Gasteiger partial charge in [0.15, 0.2) is 0 Å². The summed E-state index contributed by atoms with van der Waals surface area (Å²) in [6.45, 7) is 2.79. The van der Waals surface area contributed by atoms with E-state index in [4.69, 9.17) is 16.6 Å². The summed E-state index contributed by atoms with van der Waals surface area (Å²) in [6.07, 6.45) is 0. The summed E-state index contributed by atoms with van der Waals surface area (Å²) >= 11 is 0. The molecule has 1 atom stereocenters. The molecule has 0 unspecified atom stereocenters. The number of rotatable bonds is 3. The molecule has 0 aliphatic carbocycles. The lowest BCUT2D eigenvalue weighted by Crippen LogP contribution is -2.51. The van der Waals surface area contributed by atoms with Crippen molar-refractivity contribution in [2.24, 2.45) is 16.9 Å². The Bertz CT molecular complexity index is 188. The minimum atomic E-state index is -1.25. The van der Waals surface area contributed by atoms with Gasteiger partial charge >= 0.3 is 5.97 Å². The van der Waals surface area contributed by atoms with Gasteiger partial charge in [0.2, 0.25) is 5.91 Å². The predicted octanol–water partition coefficient (Wildman–Crippen LogP) is -1.09. The zero-order chi connectivity index (χ0) is 9.23. The standard InChI is InChI=1S/C6H12N2O3/c1-6(2,5(8)11)3(7)4(9)10/h3H,7H2,1-2H3,(H2,8,11)(H,9,10)/t3-/m1/s1. The number of amides is 1. The molecule has 0 fully saturated rings. The largest absolute Gasteiger partial charge is 0.480 e. The number of carboxylic acid groups (broad SMARTS) is 1. The molecule has 0 saturated heterocycles. The zero-order valence-corrected chi connectivity index (χ0v) is 6.50. The second kappa shape index (κ2) is 2.87. The minimum Gasteiger partial charge on any atom is -0.480 e. The number of hydrogen-bond donors (Lipinski definition) is 3. The van der Waals surface area contributed by atoms with E-state index in [1.807, 2.05) is 0 Å². The Morgan fingerprint density at radius 1 is 1.45 bits per heavy atom. The molecule has 0 heterocycles. The summed E-state index contributed by atoms with van der Waals surface area (Å²) in [7, 11) is 0. The first-order valence-electron chi connectivity index (χ1n) is 3.08. The molecule has 11 heavy (non-hydrogen) atoms. The van der Waals surface area contributed by atoms with E-state index in [0.29, 0.717) is 0 Å². The number of hydrogen-bond acceptors (Lipinski definition) is 3. The van der Waals surface area contributed by atoms with Crippen LogP contribution in [0.15, 0.2) is 0 Å². The highest BCUT2D eigenvalue weighted by molar-refractivity contribution is 5.88. The average molecular weight is 160 g/mol. The van der Waals surface area contributed by atoms with Crippen LogP contribution in [-0.2, 0) is 9.59 Å². The molecule has 5 heteroatoms. The third kappa shape index (κ3) is 1.91. The Morgan fingerprint density at radius 3 is 1.91 bits per heavy atom. The van der Waals surface area contributed by atoms with Crippen molar-refractivity contribution in [2.45, 2.75) is 19.9 Å². The predicted molar refractivity (Wildman–Crippen MR) is 38.6 cm³/mol. The molecule has 0 aromatic rings. The number of nitrogens with two attached hydrogens (primary N) is 2. The smallest absolute Gasteiger partial charge is 0.321 e. The number of carbonyl (C=O) groups excluding carboxylic acids is 1. The van der Waals surface area contributed by atoms with E-state index in [2.05, 4.69) is 0 Å². The monoisotopic (exact) mass is 160 g/mol. The number of primary amides is 1. The summed E-state index contributed by atoms with van der Waals surface area (Å²) in [5, 5.41) is 8.43. The van der Waals surface area contributed by atoms with Gasteiger partial charge < -0.3 is 16.6 Å². The van der Waals surface area contributed by atoms with Crippen molar-refractivity contribution in [3.63, 3.8) is 0 Å². The first kappa shape index (κ1) is 9.90. The molecule has 64 valence electrons. The number of carbonyl (C=O) groups is 2. The molecule has 5 nitrogen and oxygen atoms in total. The maximum absolute atomic E-state index is 10.6. The average Bonchev–Trinajstić information content (AvgIpc) is 1.85. The Labute approximate surface area is 64.4 Å². The van der Waals surface area contributed by atoms with Gasteiger partial charge in [0.25, 0.3) is 0 Å². The van der Waals surface area contributed by atoms with E-state index >= 15 is 0 Å². The van der Waals surface area contributed by atoms with Crippen LogP contribution in [0.2, 0.25) is 0 Å². The molecule has 0 spiro atoms. The zero-order valence-electron chi connectivity index (χ0n) is 6.50. The molecule has 0 radical (unpaired) electrons. The van der Waals surface area contributed by atoms with Crippen molar-refractivity contribution in [2.75, 3.05) is 0 Å². The van der Waals surface area contributed by atoms with Crippen LogP contribution in [0.3, 0.4) is 0 Å². The van der Waals surface area contributed by atoms with E-state index in [9.17, 15) is 9.59 Å². The first-order chi connectivity index (χ1) is 4.80.